The zero-order valence-electron chi connectivity index (χ0n) is 13.0. The van der Waals surface area contributed by atoms with E-state index in [2.05, 4.69) is 5.32 Å². The van der Waals surface area contributed by atoms with Crippen molar-refractivity contribution in [2.45, 2.75) is 38.5 Å². The summed E-state index contributed by atoms with van der Waals surface area (Å²) in [5.41, 5.74) is 7.22. The van der Waals surface area contributed by atoms with Crippen LogP contribution in [0.2, 0.25) is 0 Å². The minimum atomic E-state index is -0.0616. The van der Waals surface area contributed by atoms with Gasteiger partial charge >= 0.3 is 0 Å². The van der Waals surface area contributed by atoms with Gasteiger partial charge in [-0.2, -0.15) is 0 Å². The van der Waals surface area contributed by atoms with Gasteiger partial charge in [-0.05, 0) is 30.5 Å². The van der Waals surface area contributed by atoms with Crippen LogP contribution in [0.1, 0.15) is 37.7 Å². The van der Waals surface area contributed by atoms with Crippen LogP contribution in [0.25, 0.3) is 0 Å². The van der Waals surface area contributed by atoms with Crippen LogP contribution in [0.4, 0.5) is 5.69 Å². The number of rotatable bonds is 5. The van der Waals surface area contributed by atoms with Crippen molar-refractivity contribution in [3.8, 4) is 0 Å². The highest BCUT2D eigenvalue weighted by molar-refractivity contribution is 5.80. The van der Waals surface area contributed by atoms with Gasteiger partial charge in [0.25, 0.3) is 0 Å². The number of nitrogen functional groups attached to an aromatic ring is 1. The molecule has 1 aromatic carbocycles. The first-order valence-corrected chi connectivity index (χ1v) is 8.04. The minimum absolute atomic E-state index is 0.0616. The average Bonchev–Trinajstić information content (AvgIpc) is 2.79. The molecule has 5 heteroatoms. The lowest BCUT2D eigenvalue weighted by molar-refractivity contribution is -0.131. The number of hydrogen-bond acceptors (Lipinski definition) is 3. The van der Waals surface area contributed by atoms with E-state index in [0.29, 0.717) is 25.1 Å². The molecular formula is C17H25N3O2. The van der Waals surface area contributed by atoms with E-state index in [1.54, 1.807) is 12.1 Å². The van der Waals surface area contributed by atoms with Crippen LogP contribution in [-0.4, -0.2) is 36.3 Å². The van der Waals surface area contributed by atoms with Gasteiger partial charge in [-0.3, -0.25) is 9.59 Å². The summed E-state index contributed by atoms with van der Waals surface area (Å²) >= 11 is 0. The molecular weight excluding hydrogens is 278 g/mol. The SMILES string of the molecule is Nc1ccc(CC(=O)NCCC(=O)N2CCCCCC2)cc1. The quantitative estimate of drug-likeness (QED) is 0.813. The monoisotopic (exact) mass is 303 g/mol. The van der Waals surface area contributed by atoms with Crippen LogP contribution in [0.15, 0.2) is 24.3 Å². The van der Waals surface area contributed by atoms with E-state index in [-0.39, 0.29) is 11.8 Å². The second kappa shape index (κ2) is 8.41. The third-order valence-electron chi connectivity index (χ3n) is 3.96. The van der Waals surface area contributed by atoms with Crippen LogP contribution in [0.5, 0.6) is 0 Å². The van der Waals surface area contributed by atoms with E-state index < -0.39 is 0 Å². The molecule has 0 unspecified atom stereocenters. The largest absolute Gasteiger partial charge is 0.399 e. The van der Waals surface area contributed by atoms with Crippen molar-refractivity contribution >= 4 is 17.5 Å². The zero-order chi connectivity index (χ0) is 15.8. The number of nitrogens with one attached hydrogen (secondary N) is 1. The van der Waals surface area contributed by atoms with Crippen molar-refractivity contribution in [1.82, 2.24) is 10.2 Å². The molecule has 0 aliphatic carbocycles. The Balaban J connectivity index is 1.67. The van der Waals surface area contributed by atoms with Gasteiger partial charge in [-0.1, -0.05) is 25.0 Å². The Kier molecular flexibility index (Phi) is 6.25. The summed E-state index contributed by atoms with van der Waals surface area (Å²) in [4.78, 5) is 25.9. The summed E-state index contributed by atoms with van der Waals surface area (Å²) < 4.78 is 0. The Bertz CT molecular complexity index is 491. The predicted molar refractivity (Wildman–Crippen MR) is 87.2 cm³/mol. The molecule has 2 amide bonds. The minimum Gasteiger partial charge on any atom is -0.399 e. The van der Waals surface area contributed by atoms with Crippen molar-refractivity contribution in [3.05, 3.63) is 29.8 Å². The fourth-order valence-electron chi connectivity index (χ4n) is 2.67. The van der Waals surface area contributed by atoms with Gasteiger partial charge in [0.2, 0.25) is 11.8 Å². The van der Waals surface area contributed by atoms with Crippen LogP contribution >= 0.6 is 0 Å². The third kappa shape index (κ3) is 5.39. The molecule has 0 bridgehead atoms. The third-order valence-corrected chi connectivity index (χ3v) is 3.96. The van der Waals surface area contributed by atoms with Crippen molar-refractivity contribution in [1.29, 1.82) is 0 Å². The van der Waals surface area contributed by atoms with Crippen LogP contribution in [0.3, 0.4) is 0 Å². The van der Waals surface area contributed by atoms with Gasteiger partial charge in [-0.25, -0.2) is 0 Å². The number of carbonyl (C=O) groups excluding carboxylic acids is 2. The number of nitrogens with zero attached hydrogens (tertiary/aromatic N) is 1. The molecule has 1 aliphatic heterocycles. The molecule has 1 saturated heterocycles. The normalized spacial score (nSPS) is 15.2. The molecule has 1 fully saturated rings. The van der Waals surface area contributed by atoms with Crippen LogP contribution < -0.4 is 11.1 Å². The number of hydrogen-bond donors (Lipinski definition) is 2. The maximum absolute atomic E-state index is 12.1. The van der Waals surface area contributed by atoms with Gasteiger partial charge in [0.1, 0.15) is 0 Å². The molecule has 0 atom stereocenters. The van der Waals surface area contributed by atoms with Gasteiger partial charge in [0.15, 0.2) is 0 Å². The summed E-state index contributed by atoms with van der Waals surface area (Å²) in [5, 5.41) is 2.81. The molecule has 0 radical (unpaired) electrons. The highest BCUT2D eigenvalue weighted by atomic mass is 16.2. The second-order valence-corrected chi connectivity index (χ2v) is 5.81. The van der Waals surface area contributed by atoms with E-state index >= 15 is 0 Å². The molecule has 1 aliphatic rings. The average molecular weight is 303 g/mol. The molecule has 1 heterocycles. The number of nitrogens with two attached hydrogens (primary N) is 1. The highest BCUT2D eigenvalue weighted by Gasteiger charge is 2.15. The van der Waals surface area contributed by atoms with Crippen molar-refractivity contribution in [2.75, 3.05) is 25.4 Å². The van der Waals surface area contributed by atoms with Crippen molar-refractivity contribution in [2.24, 2.45) is 0 Å². The van der Waals surface area contributed by atoms with E-state index in [1.165, 1.54) is 12.8 Å². The number of likely N-dealkylation sites (tertiary alicyclic amines) is 1. The fraction of sp³-hybridized carbons (Fsp3) is 0.529. The van der Waals surface area contributed by atoms with Gasteiger partial charge in [0.05, 0.1) is 6.42 Å². The van der Waals surface area contributed by atoms with Crippen molar-refractivity contribution in [3.63, 3.8) is 0 Å². The van der Waals surface area contributed by atoms with E-state index in [1.807, 2.05) is 17.0 Å². The molecule has 0 saturated carbocycles. The lowest BCUT2D eigenvalue weighted by atomic mass is 10.1. The number of amides is 2. The van der Waals surface area contributed by atoms with E-state index in [0.717, 1.165) is 31.5 Å². The maximum atomic E-state index is 12.1. The molecule has 120 valence electrons. The Labute approximate surface area is 131 Å². The van der Waals surface area contributed by atoms with Crippen LogP contribution in [-0.2, 0) is 16.0 Å². The topological polar surface area (TPSA) is 75.4 Å². The standard InChI is InChI=1S/C17H25N3O2/c18-15-7-5-14(6-8-15)13-16(21)19-10-9-17(22)20-11-3-1-2-4-12-20/h5-8H,1-4,9-13,18H2,(H,19,21). The Hall–Kier alpha value is -2.04. The molecule has 3 N–H and O–H groups in total. The molecule has 1 aromatic rings. The maximum Gasteiger partial charge on any atom is 0.224 e. The molecule has 5 nitrogen and oxygen atoms in total. The summed E-state index contributed by atoms with van der Waals surface area (Å²) in [6.07, 6.45) is 5.31. The summed E-state index contributed by atoms with van der Waals surface area (Å²) in [6, 6.07) is 7.26. The lowest BCUT2D eigenvalue weighted by Gasteiger charge is -2.20. The summed E-state index contributed by atoms with van der Waals surface area (Å²) in [6.45, 7) is 2.12. The summed E-state index contributed by atoms with van der Waals surface area (Å²) in [7, 11) is 0. The smallest absolute Gasteiger partial charge is 0.224 e. The van der Waals surface area contributed by atoms with Crippen LogP contribution in [0, 0.1) is 0 Å². The Morgan fingerprint density at radius 3 is 2.32 bits per heavy atom. The Morgan fingerprint density at radius 1 is 1.05 bits per heavy atom. The fourth-order valence-corrected chi connectivity index (χ4v) is 2.67. The molecule has 0 spiro atoms. The van der Waals surface area contributed by atoms with Crippen molar-refractivity contribution < 1.29 is 9.59 Å². The van der Waals surface area contributed by atoms with Gasteiger partial charge in [-0.15, -0.1) is 0 Å². The first-order valence-electron chi connectivity index (χ1n) is 8.04. The first-order chi connectivity index (χ1) is 10.6. The number of anilines is 1. The van der Waals surface area contributed by atoms with E-state index in [9.17, 15) is 9.59 Å². The number of benzene rings is 1. The zero-order valence-corrected chi connectivity index (χ0v) is 13.0. The summed E-state index contributed by atoms with van der Waals surface area (Å²) in [5.74, 6) is 0.0862. The highest BCUT2D eigenvalue weighted by Crippen LogP contribution is 2.10. The molecule has 0 aromatic heterocycles. The first kappa shape index (κ1) is 16.3. The second-order valence-electron chi connectivity index (χ2n) is 5.81. The Morgan fingerprint density at radius 2 is 1.68 bits per heavy atom. The molecule has 2 rings (SSSR count). The molecule has 22 heavy (non-hydrogen) atoms. The van der Waals surface area contributed by atoms with Gasteiger partial charge < -0.3 is 16.0 Å². The number of carbonyl (C=O) groups is 2. The van der Waals surface area contributed by atoms with Gasteiger partial charge in [0, 0.05) is 31.7 Å². The lowest BCUT2D eigenvalue weighted by Crippen LogP contribution is -2.35. The van der Waals surface area contributed by atoms with E-state index in [4.69, 9.17) is 5.73 Å². The predicted octanol–water partition coefficient (Wildman–Crippen LogP) is 1.72.